The first-order chi connectivity index (χ1) is 7.91. The second-order valence-electron chi connectivity index (χ2n) is 3.30. The van der Waals surface area contributed by atoms with Crippen LogP contribution in [-0.4, -0.2) is 43.9 Å². The van der Waals surface area contributed by atoms with Crippen molar-refractivity contribution in [3.63, 3.8) is 0 Å². The number of aryl methyl sites for hydroxylation is 1. The number of nitrogens with zero attached hydrogens (tertiary/aromatic N) is 2. The van der Waals surface area contributed by atoms with Crippen molar-refractivity contribution in [2.24, 2.45) is 7.05 Å². The number of aromatic nitrogens is 2. The Kier molecular flexibility index (Phi) is 3.81. The Balaban J connectivity index is 2.74. The van der Waals surface area contributed by atoms with Crippen molar-refractivity contribution in [1.29, 1.82) is 0 Å². The molecule has 1 aromatic rings. The van der Waals surface area contributed by atoms with E-state index in [9.17, 15) is 14.4 Å². The Morgan fingerprint density at radius 1 is 1.47 bits per heavy atom. The fourth-order valence-electron chi connectivity index (χ4n) is 1.20. The Hall–Kier alpha value is -2.38. The monoisotopic (exact) mass is 241 g/mol. The number of carbonyl (C=O) groups excluding carboxylic acids is 1. The molecule has 0 aliphatic heterocycles. The summed E-state index contributed by atoms with van der Waals surface area (Å²) in [6.45, 7) is 0. The summed E-state index contributed by atoms with van der Waals surface area (Å²) in [7, 11) is 1.52. The first-order valence-electron chi connectivity index (χ1n) is 4.65. The van der Waals surface area contributed by atoms with E-state index in [0.717, 1.165) is 0 Å². The summed E-state index contributed by atoms with van der Waals surface area (Å²) in [5, 5.41) is 23.1. The molecule has 0 saturated carbocycles. The van der Waals surface area contributed by atoms with Crippen molar-refractivity contribution in [2.45, 2.75) is 12.5 Å². The molecule has 3 N–H and O–H groups in total. The highest BCUT2D eigenvalue weighted by Gasteiger charge is 2.24. The van der Waals surface area contributed by atoms with Gasteiger partial charge in [-0.15, -0.1) is 0 Å². The van der Waals surface area contributed by atoms with Crippen molar-refractivity contribution in [2.75, 3.05) is 0 Å². The number of nitrogens with one attached hydrogen (secondary N) is 1. The molecule has 0 bridgehead atoms. The number of carbonyl (C=O) groups is 3. The highest BCUT2D eigenvalue weighted by molar-refractivity contribution is 5.95. The van der Waals surface area contributed by atoms with Gasteiger partial charge in [-0.1, -0.05) is 0 Å². The maximum Gasteiger partial charge on any atom is 0.326 e. The molecule has 0 radical (unpaired) electrons. The molecular weight excluding hydrogens is 230 g/mol. The average Bonchev–Trinajstić information content (AvgIpc) is 2.62. The molecule has 8 nitrogen and oxygen atoms in total. The molecule has 1 unspecified atom stereocenters. The van der Waals surface area contributed by atoms with Gasteiger partial charge in [0.25, 0.3) is 5.91 Å². The molecule has 0 aliphatic rings. The third kappa shape index (κ3) is 3.30. The largest absolute Gasteiger partial charge is 0.481 e. The minimum Gasteiger partial charge on any atom is -0.481 e. The van der Waals surface area contributed by atoms with Crippen molar-refractivity contribution in [3.8, 4) is 0 Å². The summed E-state index contributed by atoms with van der Waals surface area (Å²) < 4.78 is 1.26. The number of amides is 1. The summed E-state index contributed by atoms with van der Waals surface area (Å²) in [6, 6.07) is -0.0652. The molecule has 1 atom stereocenters. The Morgan fingerprint density at radius 2 is 2.12 bits per heavy atom. The van der Waals surface area contributed by atoms with Crippen LogP contribution in [0.15, 0.2) is 12.3 Å². The quantitative estimate of drug-likeness (QED) is 0.612. The number of rotatable bonds is 5. The molecular formula is C9H11N3O5. The number of carboxylic acids is 2. The van der Waals surface area contributed by atoms with Crippen LogP contribution in [0.3, 0.4) is 0 Å². The number of aliphatic carboxylic acids is 2. The summed E-state index contributed by atoms with van der Waals surface area (Å²) in [5.41, 5.74) is 0.154. The molecule has 0 saturated heterocycles. The molecule has 8 heteroatoms. The van der Waals surface area contributed by atoms with Crippen LogP contribution in [0, 0.1) is 0 Å². The van der Waals surface area contributed by atoms with Crippen LogP contribution in [0.2, 0.25) is 0 Å². The fraction of sp³-hybridized carbons (Fsp3) is 0.333. The second-order valence-corrected chi connectivity index (χ2v) is 3.30. The predicted molar refractivity (Wildman–Crippen MR) is 54.4 cm³/mol. The van der Waals surface area contributed by atoms with E-state index in [2.05, 4.69) is 10.4 Å². The third-order valence-corrected chi connectivity index (χ3v) is 2.04. The van der Waals surface area contributed by atoms with Gasteiger partial charge in [-0.25, -0.2) is 4.79 Å². The van der Waals surface area contributed by atoms with Crippen molar-refractivity contribution >= 4 is 17.8 Å². The standard InChI is InChI=1S/C9H11N3O5/c1-12-6(2-3-10-12)8(15)11-5(9(16)17)4-7(13)14/h2-3,5H,4H2,1H3,(H,11,15)(H,13,14)(H,16,17). The molecule has 1 rings (SSSR count). The molecule has 1 heterocycles. The van der Waals surface area contributed by atoms with Crippen LogP contribution in [0.1, 0.15) is 16.9 Å². The summed E-state index contributed by atoms with van der Waals surface area (Å²) in [5.74, 6) is -3.38. The van der Waals surface area contributed by atoms with Gasteiger partial charge in [0, 0.05) is 13.2 Å². The molecule has 0 aromatic carbocycles. The molecule has 1 amide bonds. The number of hydrogen-bond donors (Lipinski definition) is 3. The lowest BCUT2D eigenvalue weighted by Crippen LogP contribution is -2.42. The molecule has 17 heavy (non-hydrogen) atoms. The van der Waals surface area contributed by atoms with E-state index in [4.69, 9.17) is 10.2 Å². The highest BCUT2D eigenvalue weighted by atomic mass is 16.4. The maximum absolute atomic E-state index is 11.6. The highest BCUT2D eigenvalue weighted by Crippen LogP contribution is 1.99. The van der Waals surface area contributed by atoms with Crippen molar-refractivity contribution in [1.82, 2.24) is 15.1 Å². The first-order valence-corrected chi connectivity index (χ1v) is 4.65. The lowest BCUT2D eigenvalue weighted by Gasteiger charge is -2.12. The maximum atomic E-state index is 11.6. The minimum absolute atomic E-state index is 0.154. The van der Waals surface area contributed by atoms with E-state index >= 15 is 0 Å². The summed E-state index contributed by atoms with van der Waals surface area (Å²) >= 11 is 0. The van der Waals surface area contributed by atoms with E-state index in [0.29, 0.717) is 0 Å². The van der Waals surface area contributed by atoms with E-state index in [1.54, 1.807) is 0 Å². The SMILES string of the molecule is Cn1nccc1C(=O)NC(CC(=O)O)C(=O)O. The van der Waals surface area contributed by atoms with Crippen LogP contribution < -0.4 is 5.32 Å². The predicted octanol–water partition coefficient (Wildman–Crippen LogP) is -0.922. The zero-order valence-corrected chi connectivity index (χ0v) is 8.95. The van der Waals surface area contributed by atoms with Gasteiger partial charge in [0.05, 0.1) is 6.42 Å². The van der Waals surface area contributed by atoms with Gasteiger partial charge in [0.2, 0.25) is 0 Å². The second kappa shape index (κ2) is 5.10. The molecule has 1 aromatic heterocycles. The van der Waals surface area contributed by atoms with Gasteiger partial charge in [0.1, 0.15) is 11.7 Å². The number of carboxylic acid groups (broad SMARTS) is 2. The molecule has 0 fully saturated rings. The van der Waals surface area contributed by atoms with Crippen LogP contribution in [0.5, 0.6) is 0 Å². The minimum atomic E-state index is -1.46. The fourth-order valence-corrected chi connectivity index (χ4v) is 1.20. The zero-order valence-electron chi connectivity index (χ0n) is 8.95. The Bertz CT molecular complexity index is 453. The van der Waals surface area contributed by atoms with E-state index < -0.39 is 30.3 Å². The van der Waals surface area contributed by atoms with Gasteiger partial charge in [0.15, 0.2) is 0 Å². The summed E-state index contributed by atoms with van der Waals surface area (Å²) in [6.07, 6.45) is 0.695. The lowest BCUT2D eigenvalue weighted by atomic mass is 10.2. The molecule has 0 aliphatic carbocycles. The lowest BCUT2D eigenvalue weighted by molar-refractivity contribution is -0.145. The van der Waals surface area contributed by atoms with E-state index in [1.807, 2.05) is 0 Å². The van der Waals surface area contributed by atoms with Gasteiger partial charge < -0.3 is 15.5 Å². The van der Waals surface area contributed by atoms with Gasteiger partial charge in [-0.2, -0.15) is 5.10 Å². The first kappa shape index (κ1) is 12.7. The molecule has 0 spiro atoms. The van der Waals surface area contributed by atoms with E-state index in [1.165, 1.54) is 24.0 Å². The molecule has 92 valence electrons. The van der Waals surface area contributed by atoms with Crippen LogP contribution in [0.25, 0.3) is 0 Å². The van der Waals surface area contributed by atoms with Crippen LogP contribution in [0.4, 0.5) is 0 Å². The Labute approximate surface area is 95.9 Å². The van der Waals surface area contributed by atoms with Gasteiger partial charge in [-0.3, -0.25) is 14.3 Å². The third-order valence-electron chi connectivity index (χ3n) is 2.04. The van der Waals surface area contributed by atoms with Crippen LogP contribution in [-0.2, 0) is 16.6 Å². The zero-order chi connectivity index (χ0) is 13.0. The van der Waals surface area contributed by atoms with Gasteiger partial charge in [-0.05, 0) is 6.07 Å². The summed E-state index contributed by atoms with van der Waals surface area (Å²) in [4.78, 5) is 32.7. The van der Waals surface area contributed by atoms with Crippen LogP contribution >= 0.6 is 0 Å². The number of hydrogen-bond acceptors (Lipinski definition) is 4. The van der Waals surface area contributed by atoms with Gasteiger partial charge >= 0.3 is 11.9 Å². The van der Waals surface area contributed by atoms with Crippen molar-refractivity contribution < 1.29 is 24.6 Å². The smallest absolute Gasteiger partial charge is 0.326 e. The Morgan fingerprint density at radius 3 is 2.53 bits per heavy atom. The average molecular weight is 241 g/mol. The van der Waals surface area contributed by atoms with Crippen molar-refractivity contribution in [3.05, 3.63) is 18.0 Å². The normalized spacial score (nSPS) is 11.8. The van der Waals surface area contributed by atoms with E-state index in [-0.39, 0.29) is 5.69 Å². The topological polar surface area (TPSA) is 122 Å².